The second-order valence-corrected chi connectivity index (χ2v) is 7.05. The first-order chi connectivity index (χ1) is 11.8. The largest absolute Gasteiger partial charge is 0.494 e. The van der Waals surface area contributed by atoms with E-state index in [0.717, 1.165) is 22.4 Å². The van der Waals surface area contributed by atoms with Crippen LogP contribution in [0.15, 0.2) is 36.5 Å². The van der Waals surface area contributed by atoms with E-state index in [2.05, 4.69) is 10.3 Å². The fraction of sp³-hybridized carbons (Fsp3) is 0.368. The van der Waals surface area contributed by atoms with Crippen molar-refractivity contribution in [2.75, 3.05) is 5.32 Å². The van der Waals surface area contributed by atoms with Gasteiger partial charge >= 0.3 is 7.12 Å². The lowest BCUT2D eigenvalue weighted by molar-refractivity contribution is 0.0842. The Balaban J connectivity index is 1.76. The van der Waals surface area contributed by atoms with Crippen molar-refractivity contribution in [3.8, 4) is 0 Å². The predicted molar refractivity (Wildman–Crippen MR) is 99.2 cm³/mol. The second-order valence-electron chi connectivity index (χ2n) is 7.05. The normalized spacial score (nSPS) is 19.1. The summed E-state index contributed by atoms with van der Waals surface area (Å²) in [7, 11) is -0.378. The van der Waals surface area contributed by atoms with Gasteiger partial charge in [-0.15, -0.1) is 0 Å². The minimum Gasteiger partial charge on any atom is -0.402 e. The number of aromatic nitrogens is 1. The number of hydrogen-bond donors (Lipinski definition) is 1. The van der Waals surface area contributed by atoms with Crippen LogP contribution in [0.4, 0.5) is 5.69 Å². The molecule has 1 N–H and O–H groups in total. The highest BCUT2D eigenvalue weighted by molar-refractivity contribution is 6.62. The van der Waals surface area contributed by atoms with Crippen LogP contribution in [0.2, 0.25) is 0 Å². The third-order valence-electron chi connectivity index (χ3n) is 4.65. The molecule has 2 heterocycles. The first kappa shape index (κ1) is 17.6. The van der Waals surface area contributed by atoms with Crippen LogP contribution < -0.4 is 10.8 Å². The van der Waals surface area contributed by atoms with Gasteiger partial charge in [0, 0.05) is 23.1 Å². The molecule has 1 unspecified atom stereocenters. The van der Waals surface area contributed by atoms with Crippen molar-refractivity contribution in [1.82, 2.24) is 4.98 Å². The maximum Gasteiger partial charge on any atom is 0.494 e. The average molecular weight is 338 g/mol. The van der Waals surface area contributed by atoms with Crippen molar-refractivity contribution < 1.29 is 14.1 Å². The third kappa shape index (κ3) is 3.75. The van der Waals surface area contributed by atoms with Crippen molar-refractivity contribution in [3.05, 3.63) is 53.3 Å². The Labute approximate surface area is 148 Å². The molecule has 3 rings (SSSR count). The van der Waals surface area contributed by atoms with E-state index in [0.29, 0.717) is 5.56 Å². The van der Waals surface area contributed by atoms with E-state index in [-0.39, 0.29) is 24.7 Å². The summed E-state index contributed by atoms with van der Waals surface area (Å²) in [5.41, 5.74) is 3.77. The number of rotatable bonds is 3. The standard InChI is InChI=1S/C19H23BN2O3/c1-12-10-16(20-24-14(3)19(4,5)25-20)6-7-17(12)22-18(23)15-8-9-21-13(2)11-15/h6-11,14H,1-5H3,(H,22,23). The van der Waals surface area contributed by atoms with Gasteiger partial charge in [-0.25, -0.2) is 0 Å². The number of amides is 1. The number of carbonyl (C=O) groups is 1. The van der Waals surface area contributed by atoms with Crippen LogP contribution in [0.25, 0.3) is 0 Å². The molecule has 6 heteroatoms. The molecule has 0 aliphatic carbocycles. The Morgan fingerprint density at radius 1 is 1.24 bits per heavy atom. The summed E-state index contributed by atoms with van der Waals surface area (Å²) in [4.78, 5) is 16.5. The van der Waals surface area contributed by atoms with Crippen LogP contribution >= 0.6 is 0 Å². The quantitative estimate of drug-likeness (QED) is 0.875. The first-order valence-corrected chi connectivity index (χ1v) is 8.44. The third-order valence-corrected chi connectivity index (χ3v) is 4.65. The average Bonchev–Trinajstić information content (AvgIpc) is 2.82. The molecule has 1 atom stereocenters. The van der Waals surface area contributed by atoms with Gasteiger partial charge in [-0.1, -0.05) is 12.1 Å². The van der Waals surface area contributed by atoms with Gasteiger partial charge in [0.25, 0.3) is 5.91 Å². The number of carbonyl (C=O) groups excluding carboxylic acids is 1. The van der Waals surface area contributed by atoms with Gasteiger partial charge in [0.05, 0.1) is 11.7 Å². The lowest BCUT2D eigenvalue weighted by Crippen LogP contribution is -2.35. The number of nitrogens with zero attached hydrogens (tertiary/aromatic N) is 1. The van der Waals surface area contributed by atoms with Crippen LogP contribution in [0.1, 0.15) is 42.4 Å². The van der Waals surface area contributed by atoms with Crippen molar-refractivity contribution in [3.63, 3.8) is 0 Å². The Kier molecular flexibility index (Phi) is 4.67. The van der Waals surface area contributed by atoms with E-state index >= 15 is 0 Å². The lowest BCUT2D eigenvalue weighted by atomic mass is 9.78. The Bertz CT molecular complexity index is 807. The molecule has 1 saturated heterocycles. The smallest absolute Gasteiger partial charge is 0.402 e. The molecule has 25 heavy (non-hydrogen) atoms. The number of hydrogen-bond acceptors (Lipinski definition) is 4. The molecule has 1 amide bonds. The zero-order valence-corrected chi connectivity index (χ0v) is 15.3. The van der Waals surface area contributed by atoms with Gasteiger partial charge < -0.3 is 14.6 Å². The van der Waals surface area contributed by atoms with E-state index < -0.39 is 0 Å². The van der Waals surface area contributed by atoms with Crippen LogP contribution in [0.3, 0.4) is 0 Å². The molecule has 1 fully saturated rings. The van der Waals surface area contributed by atoms with Crippen molar-refractivity contribution in [1.29, 1.82) is 0 Å². The van der Waals surface area contributed by atoms with Gasteiger partial charge in [-0.05, 0) is 63.8 Å². The van der Waals surface area contributed by atoms with E-state index in [1.54, 1.807) is 18.3 Å². The zero-order valence-electron chi connectivity index (χ0n) is 15.3. The molecule has 1 aromatic heterocycles. The summed E-state index contributed by atoms with van der Waals surface area (Å²) in [6, 6.07) is 9.28. The Morgan fingerprint density at radius 2 is 2.00 bits per heavy atom. The minimum absolute atomic E-state index is 0.0205. The Morgan fingerprint density at radius 3 is 2.60 bits per heavy atom. The van der Waals surface area contributed by atoms with E-state index in [4.69, 9.17) is 9.31 Å². The van der Waals surface area contributed by atoms with E-state index in [1.165, 1.54) is 0 Å². The summed E-state index contributed by atoms with van der Waals surface area (Å²) in [6.07, 6.45) is 1.66. The molecule has 0 saturated carbocycles. The maximum atomic E-state index is 12.4. The van der Waals surface area contributed by atoms with Gasteiger partial charge in [0.15, 0.2) is 0 Å². The molecule has 1 aromatic carbocycles. The molecule has 0 radical (unpaired) electrons. The van der Waals surface area contributed by atoms with Crippen LogP contribution in [-0.4, -0.2) is 29.7 Å². The molecule has 1 aliphatic heterocycles. The second kappa shape index (κ2) is 6.62. The number of nitrogens with one attached hydrogen (secondary N) is 1. The van der Waals surface area contributed by atoms with Gasteiger partial charge in [0.1, 0.15) is 0 Å². The molecular formula is C19H23BN2O3. The van der Waals surface area contributed by atoms with Gasteiger partial charge in [-0.3, -0.25) is 9.78 Å². The molecule has 2 aromatic rings. The minimum atomic E-state index is -0.378. The highest BCUT2D eigenvalue weighted by atomic mass is 16.7. The fourth-order valence-electron chi connectivity index (χ4n) is 2.75. The number of pyridine rings is 1. The molecule has 130 valence electrons. The van der Waals surface area contributed by atoms with Crippen molar-refractivity contribution >= 4 is 24.2 Å². The van der Waals surface area contributed by atoms with Crippen LogP contribution in [0.5, 0.6) is 0 Å². The number of aryl methyl sites for hydroxylation is 2. The summed E-state index contributed by atoms with van der Waals surface area (Å²) >= 11 is 0. The molecular weight excluding hydrogens is 315 g/mol. The molecule has 0 bridgehead atoms. The van der Waals surface area contributed by atoms with Gasteiger partial charge in [0.2, 0.25) is 0 Å². The van der Waals surface area contributed by atoms with Crippen molar-refractivity contribution in [2.45, 2.75) is 46.3 Å². The monoisotopic (exact) mass is 338 g/mol. The summed E-state index contributed by atoms with van der Waals surface area (Å²) in [5, 5.41) is 2.95. The number of anilines is 1. The lowest BCUT2D eigenvalue weighted by Gasteiger charge is -2.21. The summed E-state index contributed by atoms with van der Waals surface area (Å²) in [5.74, 6) is -0.149. The van der Waals surface area contributed by atoms with Crippen LogP contribution in [0, 0.1) is 13.8 Å². The summed E-state index contributed by atoms with van der Waals surface area (Å²) in [6.45, 7) is 9.88. The van der Waals surface area contributed by atoms with Crippen LogP contribution in [-0.2, 0) is 9.31 Å². The Hall–Kier alpha value is -2.18. The SMILES string of the molecule is Cc1cc(C(=O)Nc2ccc(B3OC(C)C(C)(C)O3)cc2C)ccn1. The number of benzene rings is 1. The summed E-state index contributed by atoms with van der Waals surface area (Å²) < 4.78 is 11.9. The first-order valence-electron chi connectivity index (χ1n) is 8.44. The highest BCUT2D eigenvalue weighted by Crippen LogP contribution is 2.27. The van der Waals surface area contributed by atoms with E-state index in [1.807, 2.05) is 52.8 Å². The molecule has 1 aliphatic rings. The fourth-order valence-corrected chi connectivity index (χ4v) is 2.75. The predicted octanol–water partition coefficient (Wildman–Crippen LogP) is 2.86. The maximum absolute atomic E-state index is 12.4. The molecule has 5 nitrogen and oxygen atoms in total. The topological polar surface area (TPSA) is 60.5 Å². The van der Waals surface area contributed by atoms with Gasteiger partial charge in [-0.2, -0.15) is 0 Å². The van der Waals surface area contributed by atoms with Crippen molar-refractivity contribution in [2.24, 2.45) is 0 Å². The highest BCUT2D eigenvalue weighted by Gasteiger charge is 2.43. The molecule has 0 spiro atoms. The zero-order chi connectivity index (χ0) is 18.2. The van der Waals surface area contributed by atoms with E-state index in [9.17, 15) is 4.79 Å².